The number of halogens is 1. The molecule has 2 nitrogen and oxygen atoms in total. The van der Waals surface area contributed by atoms with Crippen molar-refractivity contribution < 1.29 is 4.74 Å². The average Bonchev–Trinajstić information content (AvgIpc) is 2.86. The van der Waals surface area contributed by atoms with Crippen LogP contribution in [-0.4, -0.2) is 13.2 Å². The predicted octanol–water partition coefficient (Wildman–Crippen LogP) is 3.48. The van der Waals surface area contributed by atoms with Crippen LogP contribution in [0.2, 0.25) is 5.02 Å². The predicted molar refractivity (Wildman–Crippen MR) is 71.4 cm³/mol. The number of hydrogen-bond donors (Lipinski definition) is 1. The summed E-state index contributed by atoms with van der Waals surface area (Å²) in [5.41, 5.74) is 5.84. The summed E-state index contributed by atoms with van der Waals surface area (Å²) in [6, 6.07) is 7.61. The second-order valence-electron chi connectivity index (χ2n) is 4.78. The van der Waals surface area contributed by atoms with Crippen LogP contribution >= 0.6 is 11.6 Å². The summed E-state index contributed by atoms with van der Waals surface area (Å²) in [5, 5.41) is 0.676. The highest BCUT2D eigenvalue weighted by molar-refractivity contribution is 6.32. The zero-order chi connectivity index (χ0) is 12.1. The van der Waals surface area contributed by atoms with E-state index in [0.717, 1.165) is 11.7 Å². The third kappa shape index (κ3) is 3.36. The molecule has 1 aromatic carbocycles. The normalized spacial score (nSPS) is 18.2. The second-order valence-corrected chi connectivity index (χ2v) is 5.19. The molecule has 1 saturated carbocycles. The Morgan fingerprint density at radius 2 is 2.00 bits per heavy atom. The van der Waals surface area contributed by atoms with Gasteiger partial charge in [0.25, 0.3) is 0 Å². The van der Waals surface area contributed by atoms with Gasteiger partial charge in [0, 0.05) is 5.92 Å². The Kier molecular flexibility index (Phi) is 4.69. The minimum absolute atomic E-state index is 0.466. The van der Waals surface area contributed by atoms with Crippen molar-refractivity contribution in [2.24, 2.45) is 17.6 Å². The molecule has 0 aromatic heterocycles. The molecular formula is C14H20ClNO. The zero-order valence-corrected chi connectivity index (χ0v) is 10.8. The SMILES string of the molecule is NCC(COc1ccccc1Cl)C1CCCC1. The van der Waals surface area contributed by atoms with E-state index in [1.807, 2.05) is 24.3 Å². The maximum atomic E-state index is 6.05. The minimum Gasteiger partial charge on any atom is -0.492 e. The summed E-state index contributed by atoms with van der Waals surface area (Å²) in [6.45, 7) is 1.39. The van der Waals surface area contributed by atoms with Gasteiger partial charge in [0.1, 0.15) is 5.75 Å². The maximum Gasteiger partial charge on any atom is 0.137 e. The summed E-state index contributed by atoms with van der Waals surface area (Å²) in [6.07, 6.45) is 5.28. The first-order valence-corrected chi connectivity index (χ1v) is 6.76. The van der Waals surface area contributed by atoms with Gasteiger partial charge < -0.3 is 10.5 Å². The molecule has 17 heavy (non-hydrogen) atoms. The number of para-hydroxylation sites is 1. The Morgan fingerprint density at radius 1 is 1.29 bits per heavy atom. The van der Waals surface area contributed by atoms with Crippen molar-refractivity contribution >= 4 is 11.6 Å². The van der Waals surface area contributed by atoms with Gasteiger partial charge in [-0.15, -0.1) is 0 Å². The molecule has 1 aliphatic carbocycles. The van der Waals surface area contributed by atoms with E-state index in [4.69, 9.17) is 22.1 Å². The summed E-state index contributed by atoms with van der Waals surface area (Å²) >= 11 is 6.05. The lowest BCUT2D eigenvalue weighted by Gasteiger charge is -2.22. The molecule has 1 aromatic rings. The number of hydrogen-bond acceptors (Lipinski definition) is 2. The molecule has 1 aliphatic rings. The van der Waals surface area contributed by atoms with Crippen LogP contribution in [0.1, 0.15) is 25.7 Å². The molecule has 0 spiro atoms. The van der Waals surface area contributed by atoms with E-state index >= 15 is 0 Å². The van der Waals surface area contributed by atoms with Crippen LogP contribution in [-0.2, 0) is 0 Å². The highest BCUT2D eigenvalue weighted by Gasteiger charge is 2.24. The lowest BCUT2D eigenvalue weighted by atomic mass is 9.92. The molecule has 2 rings (SSSR count). The van der Waals surface area contributed by atoms with Crippen LogP contribution in [0.4, 0.5) is 0 Å². The quantitative estimate of drug-likeness (QED) is 0.872. The fourth-order valence-electron chi connectivity index (χ4n) is 2.58. The molecule has 0 heterocycles. The van der Waals surface area contributed by atoms with Crippen molar-refractivity contribution in [3.05, 3.63) is 29.3 Å². The Morgan fingerprint density at radius 3 is 2.65 bits per heavy atom. The first-order valence-electron chi connectivity index (χ1n) is 6.38. The van der Waals surface area contributed by atoms with Gasteiger partial charge in [-0.25, -0.2) is 0 Å². The highest BCUT2D eigenvalue weighted by Crippen LogP contribution is 2.32. The first kappa shape index (κ1) is 12.7. The van der Waals surface area contributed by atoms with Gasteiger partial charge in [0.05, 0.1) is 11.6 Å². The van der Waals surface area contributed by atoms with Gasteiger partial charge >= 0.3 is 0 Å². The number of rotatable bonds is 5. The van der Waals surface area contributed by atoms with Crippen molar-refractivity contribution in [3.63, 3.8) is 0 Å². The van der Waals surface area contributed by atoms with Crippen molar-refractivity contribution in [1.82, 2.24) is 0 Å². The van der Waals surface area contributed by atoms with Crippen LogP contribution in [0.25, 0.3) is 0 Å². The summed E-state index contributed by atoms with van der Waals surface area (Å²) in [4.78, 5) is 0. The van der Waals surface area contributed by atoms with Gasteiger partial charge in [-0.2, -0.15) is 0 Å². The molecule has 1 fully saturated rings. The van der Waals surface area contributed by atoms with Crippen LogP contribution < -0.4 is 10.5 Å². The first-order chi connectivity index (χ1) is 8.31. The van der Waals surface area contributed by atoms with Crippen molar-refractivity contribution in [2.75, 3.05) is 13.2 Å². The second kappa shape index (κ2) is 6.27. The molecule has 0 radical (unpaired) electrons. The molecule has 1 unspecified atom stereocenters. The fourth-order valence-corrected chi connectivity index (χ4v) is 2.77. The van der Waals surface area contributed by atoms with Crippen LogP contribution in [0, 0.1) is 11.8 Å². The molecular weight excluding hydrogens is 234 g/mol. The number of ether oxygens (including phenoxy) is 1. The molecule has 1 atom stereocenters. The summed E-state index contributed by atoms with van der Waals surface area (Å²) in [5.74, 6) is 1.97. The topological polar surface area (TPSA) is 35.2 Å². The van der Waals surface area contributed by atoms with Gasteiger partial charge in [0.2, 0.25) is 0 Å². The minimum atomic E-state index is 0.466. The summed E-state index contributed by atoms with van der Waals surface area (Å²) in [7, 11) is 0. The van der Waals surface area contributed by atoms with E-state index in [0.29, 0.717) is 24.1 Å². The highest BCUT2D eigenvalue weighted by atomic mass is 35.5. The Bertz CT molecular complexity index is 350. The monoisotopic (exact) mass is 253 g/mol. The van der Waals surface area contributed by atoms with Crippen molar-refractivity contribution in [1.29, 1.82) is 0 Å². The molecule has 3 heteroatoms. The Balaban J connectivity index is 1.89. The van der Waals surface area contributed by atoms with Gasteiger partial charge in [0.15, 0.2) is 0 Å². The van der Waals surface area contributed by atoms with E-state index < -0.39 is 0 Å². The molecule has 0 amide bonds. The van der Waals surface area contributed by atoms with Crippen molar-refractivity contribution in [2.45, 2.75) is 25.7 Å². The van der Waals surface area contributed by atoms with Crippen LogP contribution in [0.15, 0.2) is 24.3 Å². The van der Waals surface area contributed by atoms with E-state index in [1.165, 1.54) is 25.7 Å². The van der Waals surface area contributed by atoms with E-state index in [9.17, 15) is 0 Å². The Labute approximate surface area is 108 Å². The fraction of sp³-hybridized carbons (Fsp3) is 0.571. The van der Waals surface area contributed by atoms with Gasteiger partial charge in [-0.05, 0) is 24.6 Å². The average molecular weight is 254 g/mol. The lowest BCUT2D eigenvalue weighted by Crippen LogP contribution is -2.27. The van der Waals surface area contributed by atoms with E-state index in [2.05, 4.69) is 0 Å². The van der Waals surface area contributed by atoms with E-state index in [1.54, 1.807) is 0 Å². The smallest absolute Gasteiger partial charge is 0.137 e. The number of nitrogens with two attached hydrogens (primary N) is 1. The molecule has 0 saturated heterocycles. The molecule has 2 N–H and O–H groups in total. The molecule has 0 bridgehead atoms. The molecule has 0 aliphatic heterocycles. The Hall–Kier alpha value is -0.730. The van der Waals surface area contributed by atoms with Gasteiger partial charge in [-0.1, -0.05) is 49.4 Å². The standard InChI is InChI=1S/C14H20ClNO/c15-13-7-3-4-8-14(13)17-10-12(9-16)11-5-1-2-6-11/h3-4,7-8,11-12H,1-2,5-6,9-10,16H2. The van der Waals surface area contributed by atoms with E-state index in [-0.39, 0.29) is 0 Å². The maximum absolute atomic E-state index is 6.05. The third-order valence-corrected chi connectivity index (χ3v) is 3.97. The number of benzene rings is 1. The van der Waals surface area contributed by atoms with Gasteiger partial charge in [-0.3, -0.25) is 0 Å². The van der Waals surface area contributed by atoms with Crippen LogP contribution in [0.3, 0.4) is 0 Å². The largest absolute Gasteiger partial charge is 0.492 e. The third-order valence-electron chi connectivity index (χ3n) is 3.66. The van der Waals surface area contributed by atoms with Crippen LogP contribution in [0.5, 0.6) is 5.75 Å². The zero-order valence-electron chi connectivity index (χ0n) is 10.1. The lowest BCUT2D eigenvalue weighted by molar-refractivity contribution is 0.200. The van der Waals surface area contributed by atoms with Crippen molar-refractivity contribution in [3.8, 4) is 5.75 Å². The molecule has 94 valence electrons. The summed E-state index contributed by atoms with van der Waals surface area (Å²) < 4.78 is 5.79.